The predicted octanol–water partition coefficient (Wildman–Crippen LogP) is 6.63. The lowest BCUT2D eigenvalue weighted by Gasteiger charge is -2.34. The SMILES string of the molecule is CCOc1ccc(N(CC(=O)N(Cc2ccc(Cl)cc2)[C@@H](Cc2ccccc2)C(=O)N[C@H](C)CC)S(=O)(=O)c2ccc(F)cc2)cc1. The summed E-state index contributed by atoms with van der Waals surface area (Å²) in [5.41, 5.74) is 1.72. The van der Waals surface area contributed by atoms with Crippen LogP contribution in [0.15, 0.2) is 108 Å². The van der Waals surface area contributed by atoms with Crippen LogP contribution in [-0.4, -0.2) is 50.4 Å². The fourth-order valence-corrected chi connectivity index (χ4v) is 6.46. The monoisotopic (exact) mass is 679 g/mol. The van der Waals surface area contributed by atoms with Gasteiger partial charge in [-0.2, -0.15) is 0 Å². The zero-order valence-corrected chi connectivity index (χ0v) is 28.2. The van der Waals surface area contributed by atoms with Crippen molar-refractivity contribution in [2.24, 2.45) is 0 Å². The lowest BCUT2D eigenvalue weighted by Crippen LogP contribution is -2.54. The van der Waals surface area contributed by atoms with Crippen LogP contribution in [-0.2, 0) is 32.6 Å². The van der Waals surface area contributed by atoms with E-state index in [1.165, 1.54) is 4.90 Å². The van der Waals surface area contributed by atoms with Gasteiger partial charge in [-0.15, -0.1) is 0 Å². The smallest absolute Gasteiger partial charge is 0.264 e. The summed E-state index contributed by atoms with van der Waals surface area (Å²) in [4.78, 5) is 29.6. The minimum atomic E-state index is -4.37. The fourth-order valence-electron chi connectivity index (χ4n) is 4.92. The third-order valence-electron chi connectivity index (χ3n) is 7.65. The topological polar surface area (TPSA) is 96.0 Å². The zero-order chi connectivity index (χ0) is 34.0. The van der Waals surface area contributed by atoms with Crippen LogP contribution < -0.4 is 14.4 Å². The maximum absolute atomic E-state index is 14.5. The van der Waals surface area contributed by atoms with Crippen LogP contribution >= 0.6 is 11.6 Å². The van der Waals surface area contributed by atoms with Gasteiger partial charge in [0.15, 0.2) is 0 Å². The molecule has 0 fully saturated rings. The Bertz CT molecular complexity index is 1720. The number of ether oxygens (including phenoxy) is 1. The standard InChI is InChI=1S/C36H39ClFN3O5S/c1-4-26(3)39-36(43)34(23-27-9-7-6-8-10-27)40(24-28-11-13-29(37)14-12-28)35(42)25-41(31-17-19-32(20-18-31)46-5-2)47(44,45)33-21-15-30(38)16-22-33/h6-22,26,34H,4-5,23-25H2,1-3H3,(H,39,43)/t26-,34+/m1/s1. The summed E-state index contributed by atoms with van der Waals surface area (Å²) in [6, 6.07) is 25.8. The van der Waals surface area contributed by atoms with Gasteiger partial charge in [0.05, 0.1) is 17.2 Å². The molecule has 0 aromatic heterocycles. The molecule has 0 radical (unpaired) electrons. The number of hydrogen-bond donors (Lipinski definition) is 1. The van der Waals surface area contributed by atoms with Crippen LogP contribution in [0.3, 0.4) is 0 Å². The second kappa shape index (κ2) is 16.4. The zero-order valence-electron chi connectivity index (χ0n) is 26.6. The molecule has 2 atom stereocenters. The molecule has 4 aromatic carbocycles. The van der Waals surface area contributed by atoms with Crippen molar-refractivity contribution in [2.75, 3.05) is 17.5 Å². The van der Waals surface area contributed by atoms with Crippen molar-refractivity contribution in [2.45, 2.75) is 57.1 Å². The molecule has 0 spiro atoms. The normalized spacial score (nSPS) is 12.5. The molecule has 0 heterocycles. The van der Waals surface area contributed by atoms with E-state index in [9.17, 15) is 22.4 Å². The lowest BCUT2D eigenvalue weighted by atomic mass is 10.0. The molecular formula is C36H39ClFN3O5S. The first-order valence-electron chi connectivity index (χ1n) is 15.4. The minimum Gasteiger partial charge on any atom is -0.494 e. The average Bonchev–Trinajstić information content (AvgIpc) is 3.07. The van der Waals surface area contributed by atoms with E-state index in [1.807, 2.05) is 51.1 Å². The summed E-state index contributed by atoms with van der Waals surface area (Å²) >= 11 is 6.14. The Hall–Kier alpha value is -4.41. The van der Waals surface area contributed by atoms with Crippen LogP contribution in [0.4, 0.5) is 10.1 Å². The molecule has 0 unspecified atom stereocenters. The van der Waals surface area contributed by atoms with E-state index in [0.29, 0.717) is 29.4 Å². The number of rotatable bonds is 15. The number of sulfonamides is 1. The van der Waals surface area contributed by atoms with Crippen molar-refractivity contribution in [1.29, 1.82) is 0 Å². The quantitative estimate of drug-likeness (QED) is 0.152. The molecule has 4 aromatic rings. The summed E-state index contributed by atoms with van der Waals surface area (Å²) in [6.07, 6.45) is 0.868. The highest BCUT2D eigenvalue weighted by atomic mass is 35.5. The van der Waals surface area contributed by atoms with Crippen LogP contribution in [0.1, 0.15) is 38.3 Å². The Morgan fingerprint density at radius 2 is 1.51 bits per heavy atom. The molecule has 1 N–H and O–H groups in total. The summed E-state index contributed by atoms with van der Waals surface area (Å²) in [7, 11) is -4.37. The van der Waals surface area contributed by atoms with Gasteiger partial charge in [0, 0.05) is 24.0 Å². The van der Waals surface area contributed by atoms with Gasteiger partial charge in [0.25, 0.3) is 10.0 Å². The van der Waals surface area contributed by atoms with Crippen molar-refractivity contribution >= 4 is 39.1 Å². The van der Waals surface area contributed by atoms with Gasteiger partial charge < -0.3 is 15.0 Å². The number of nitrogens with zero attached hydrogens (tertiary/aromatic N) is 2. The molecule has 47 heavy (non-hydrogen) atoms. The molecule has 0 aliphatic carbocycles. The maximum atomic E-state index is 14.5. The van der Waals surface area contributed by atoms with E-state index in [0.717, 1.165) is 34.1 Å². The molecule has 248 valence electrons. The molecule has 0 aliphatic heterocycles. The molecule has 0 aliphatic rings. The van der Waals surface area contributed by atoms with Crippen molar-refractivity contribution < 1.29 is 27.1 Å². The first-order chi connectivity index (χ1) is 22.5. The van der Waals surface area contributed by atoms with E-state index in [1.54, 1.807) is 48.5 Å². The first kappa shape index (κ1) is 35.4. The second-order valence-corrected chi connectivity index (χ2v) is 13.4. The number of carbonyl (C=O) groups is 2. The van der Waals surface area contributed by atoms with Crippen LogP contribution in [0.25, 0.3) is 0 Å². The second-order valence-electron chi connectivity index (χ2n) is 11.1. The van der Waals surface area contributed by atoms with Gasteiger partial charge in [-0.05, 0) is 92.1 Å². The van der Waals surface area contributed by atoms with Crippen molar-refractivity contribution in [3.8, 4) is 5.75 Å². The molecule has 2 amide bonds. The van der Waals surface area contributed by atoms with Crippen molar-refractivity contribution in [3.05, 3.63) is 125 Å². The van der Waals surface area contributed by atoms with Gasteiger partial charge in [-0.3, -0.25) is 13.9 Å². The number of nitrogens with one attached hydrogen (secondary N) is 1. The first-order valence-corrected chi connectivity index (χ1v) is 17.2. The highest BCUT2D eigenvalue weighted by Crippen LogP contribution is 2.27. The summed E-state index contributed by atoms with van der Waals surface area (Å²) < 4.78 is 48.5. The lowest BCUT2D eigenvalue weighted by molar-refractivity contribution is -0.140. The highest BCUT2D eigenvalue weighted by Gasteiger charge is 2.35. The van der Waals surface area contributed by atoms with Gasteiger partial charge in [-0.1, -0.05) is 61.0 Å². The van der Waals surface area contributed by atoms with E-state index in [2.05, 4.69) is 5.32 Å². The predicted molar refractivity (Wildman–Crippen MR) is 182 cm³/mol. The number of benzene rings is 4. The molecular weight excluding hydrogens is 641 g/mol. The number of hydrogen-bond acceptors (Lipinski definition) is 5. The third-order valence-corrected chi connectivity index (χ3v) is 9.69. The Morgan fingerprint density at radius 1 is 0.872 bits per heavy atom. The molecule has 11 heteroatoms. The Labute approximate surface area is 281 Å². The van der Waals surface area contributed by atoms with Crippen LogP contribution in [0.5, 0.6) is 5.75 Å². The summed E-state index contributed by atoms with van der Waals surface area (Å²) in [6.45, 7) is 5.44. The van der Waals surface area contributed by atoms with Gasteiger partial charge in [-0.25, -0.2) is 12.8 Å². The van der Waals surface area contributed by atoms with Crippen molar-refractivity contribution in [3.63, 3.8) is 0 Å². The number of carbonyl (C=O) groups excluding carboxylic acids is 2. The average molecular weight is 680 g/mol. The van der Waals surface area contributed by atoms with Gasteiger partial charge in [0.1, 0.15) is 24.2 Å². The van der Waals surface area contributed by atoms with Crippen LogP contribution in [0.2, 0.25) is 5.02 Å². The number of anilines is 1. The van der Waals surface area contributed by atoms with Gasteiger partial charge in [0.2, 0.25) is 11.8 Å². The molecule has 0 saturated heterocycles. The molecule has 0 bridgehead atoms. The van der Waals surface area contributed by atoms with Crippen molar-refractivity contribution in [1.82, 2.24) is 10.2 Å². The van der Waals surface area contributed by atoms with E-state index >= 15 is 0 Å². The van der Waals surface area contributed by atoms with Gasteiger partial charge >= 0.3 is 0 Å². The minimum absolute atomic E-state index is 0.00907. The molecule has 0 saturated carbocycles. The van der Waals surface area contributed by atoms with E-state index in [-0.39, 0.29) is 35.5 Å². The van der Waals surface area contributed by atoms with E-state index in [4.69, 9.17) is 16.3 Å². The highest BCUT2D eigenvalue weighted by molar-refractivity contribution is 7.92. The largest absolute Gasteiger partial charge is 0.494 e. The van der Waals surface area contributed by atoms with E-state index < -0.39 is 34.3 Å². The number of halogens is 2. The number of amides is 2. The maximum Gasteiger partial charge on any atom is 0.264 e. The summed E-state index contributed by atoms with van der Waals surface area (Å²) in [5.74, 6) is -1.05. The summed E-state index contributed by atoms with van der Waals surface area (Å²) in [5, 5.41) is 3.52. The fraction of sp³-hybridized carbons (Fsp3) is 0.278. The van der Waals surface area contributed by atoms with Crippen LogP contribution in [0, 0.1) is 5.82 Å². The third kappa shape index (κ3) is 9.56. The molecule has 8 nitrogen and oxygen atoms in total. The Morgan fingerprint density at radius 3 is 2.11 bits per heavy atom. The molecule has 4 rings (SSSR count). The Balaban J connectivity index is 1.80. The Kier molecular flexibility index (Phi) is 12.4.